The molecule has 29 heavy (non-hydrogen) atoms. The molecule has 2 aromatic carbocycles. The maximum Gasteiger partial charge on any atom is 0.265 e. The molecule has 5 nitrogen and oxygen atoms in total. The van der Waals surface area contributed by atoms with Crippen molar-refractivity contribution in [3.63, 3.8) is 0 Å². The zero-order valence-electron chi connectivity index (χ0n) is 16.6. The van der Waals surface area contributed by atoms with Crippen LogP contribution in [0.3, 0.4) is 0 Å². The third kappa shape index (κ3) is 5.52. The number of thioether (sulfide) groups is 1. The van der Waals surface area contributed by atoms with Crippen LogP contribution in [0.4, 0.5) is 0 Å². The van der Waals surface area contributed by atoms with Gasteiger partial charge in [-0.1, -0.05) is 42.2 Å². The van der Waals surface area contributed by atoms with E-state index in [-0.39, 0.29) is 5.91 Å². The van der Waals surface area contributed by atoms with Gasteiger partial charge >= 0.3 is 0 Å². The van der Waals surface area contributed by atoms with Crippen molar-refractivity contribution >= 4 is 40.3 Å². The zero-order valence-corrected chi connectivity index (χ0v) is 18.3. The minimum Gasteiger partial charge on any atom is -0.490 e. The second-order valence-corrected chi connectivity index (χ2v) is 8.07. The number of nitrogens with zero attached hydrogens (tertiary/aromatic N) is 1. The molecule has 1 amide bonds. The molecule has 0 aromatic heterocycles. The third-order valence-corrected chi connectivity index (χ3v) is 5.64. The van der Waals surface area contributed by atoms with Crippen molar-refractivity contribution in [3.05, 3.63) is 58.5 Å². The molecule has 1 aliphatic heterocycles. The summed E-state index contributed by atoms with van der Waals surface area (Å²) in [6.45, 7) is 5.27. The van der Waals surface area contributed by atoms with E-state index in [1.54, 1.807) is 7.05 Å². The Balaban J connectivity index is 1.65. The van der Waals surface area contributed by atoms with Crippen molar-refractivity contribution in [2.75, 3.05) is 26.9 Å². The summed E-state index contributed by atoms with van der Waals surface area (Å²) in [6.07, 6.45) is 1.82. The molecule has 3 rings (SSSR count). The number of hydrogen-bond acceptors (Lipinski definition) is 6. The summed E-state index contributed by atoms with van der Waals surface area (Å²) in [5, 5.41) is 0. The Morgan fingerprint density at radius 1 is 1.07 bits per heavy atom. The molecular formula is C22H23NO4S2. The second kappa shape index (κ2) is 9.80. The van der Waals surface area contributed by atoms with E-state index in [0.717, 1.165) is 16.9 Å². The van der Waals surface area contributed by atoms with E-state index in [0.29, 0.717) is 40.5 Å². The molecule has 0 bridgehead atoms. The molecular weight excluding hydrogens is 406 g/mol. The van der Waals surface area contributed by atoms with Gasteiger partial charge in [0.1, 0.15) is 23.3 Å². The number of carbonyl (C=O) groups excluding carboxylic acids is 1. The lowest BCUT2D eigenvalue weighted by molar-refractivity contribution is -0.121. The van der Waals surface area contributed by atoms with Gasteiger partial charge in [-0.2, -0.15) is 0 Å². The predicted octanol–water partition coefficient (Wildman–Crippen LogP) is 4.68. The molecule has 0 spiro atoms. The third-order valence-electron chi connectivity index (χ3n) is 4.15. The molecule has 1 saturated heterocycles. The first-order chi connectivity index (χ1) is 14.0. The smallest absolute Gasteiger partial charge is 0.265 e. The molecule has 1 aliphatic rings. The van der Waals surface area contributed by atoms with Crippen LogP contribution in [0.5, 0.6) is 17.2 Å². The fourth-order valence-electron chi connectivity index (χ4n) is 2.72. The van der Waals surface area contributed by atoms with Gasteiger partial charge in [-0.05, 0) is 55.3 Å². The molecule has 2 aromatic rings. The van der Waals surface area contributed by atoms with Gasteiger partial charge in [0.05, 0.1) is 11.5 Å². The summed E-state index contributed by atoms with van der Waals surface area (Å²) < 4.78 is 17.8. The van der Waals surface area contributed by atoms with Crippen LogP contribution in [0, 0.1) is 6.92 Å². The summed E-state index contributed by atoms with van der Waals surface area (Å²) in [5.41, 5.74) is 2.00. The van der Waals surface area contributed by atoms with E-state index in [9.17, 15) is 4.79 Å². The van der Waals surface area contributed by atoms with Gasteiger partial charge in [0.25, 0.3) is 5.91 Å². The Labute approximate surface area is 180 Å². The lowest BCUT2D eigenvalue weighted by Crippen LogP contribution is -2.22. The average Bonchev–Trinajstić information content (AvgIpc) is 2.93. The van der Waals surface area contributed by atoms with Gasteiger partial charge in [-0.3, -0.25) is 9.69 Å². The molecule has 1 heterocycles. The molecule has 1 fully saturated rings. The lowest BCUT2D eigenvalue weighted by atomic mass is 10.2. The highest BCUT2D eigenvalue weighted by atomic mass is 32.2. The zero-order chi connectivity index (χ0) is 20.8. The highest BCUT2D eigenvalue weighted by molar-refractivity contribution is 8.26. The maximum atomic E-state index is 12.2. The molecule has 0 aliphatic carbocycles. The van der Waals surface area contributed by atoms with Gasteiger partial charge in [0.2, 0.25) is 0 Å². The van der Waals surface area contributed by atoms with E-state index in [1.165, 1.54) is 16.7 Å². The van der Waals surface area contributed by atoms with Crippen LogP contribution < -0.4 is 14.2 Å². The van der Waals surface area contributed by atoms with Crippen molar-refractivity contribution in [1.29, 1.82) is 0 Å². The lowest BCUT2D eigenvalue weighted by Gasteiger charge is -2.13. The summed E-state index contributed by atoms with van der Waals surface area (Å²) >= 11 is 6.47. The van der Waals surface area contributed by atoms with E-state index in [1.807, 2.05) is 62.4 Å². The Morgan fingerprint density at radius 2 is 1.86 bits per heavy atom. The summed E-state index contributed by atoms with van der Waals surface area (Å²) in [5.74, 6) is 2.00. The van der Waals surface area contributed by atoms with Crippen LogP contribution in [0.1, 0.15) is 18.1 Å². The highest BCUT2D eigenvalue weighted by Gasteiger charge is 2.28. The summed E-state index contributed by atoms with van der Waals surface area (Å²) in [6, 6.07) is 13.5. The van der Waals surface area contributed by atoms with Gasteiger partial charge in [-0.25, -0.2) is 0 Å². The van der Waals surface area contributed by atoms with Crippen molar-refractivity contribution in [2.45, 2.75) is 13.8 Å². The Morgan fingerprint density at radius 3 is 2.55 bits per heavy atom. The second-order valence-electron chi connectivity index (χ2n) is 6.39. The molecule has 0 atom stereocenters. The minimum atomic E-state index is -0.0911. The number of likely N-dealkylation sites (N-methyl/N-ethyl adjacent to an activating group) is 1. The van der Waals surface area contributed by atoms with Crippen molar-refractivity contribution in [1.82, 2.24) is 4.90 Å². The average molecular weight is 430 g/mol. The number of rotatable bonds is 8. The first-order valence-electron chi connectivity index (χ1n) is 9.28. The van der Waals surface area contributed by atoms with Crippen LogP contribution in [-0.4, -0.2) is 42.0 Å². The van der Waals surface area contributed by atoms with Crippen LogP contribution in [-0.2, 0) is 4.79 Å². The number of thiocarbonyl (C=S) groups is 1. The number of benzene rings is 2. The molecule has 152 valence electrons. The Bertz CT molecular complexity index is 942. The van der Waals surface area contributed by atoms with Gasteiger partial charge in [0, 0.05) is 7.05 Å². The SMILES string of the molecule is CCOc1cc(C=C2SC(=S)N(C)C2=O)ccc1OCCOc1cccc(C)c1. The number of amides is 1. The highest BCUT2D eigenvalue weighted by Crippen LogP contribution is 2.34. The number of aryl methyl sites for hydroxylation is 1. The van der Waals surface area contributed by atoms with Gasteiger partial charge in [-0.15, -0.1) is 0 Å². The van der Waals surface area contributed by atoms with Crippen molar-refractivity contribution < 1.29 is 19.0 Å². The fraction of sp³-hybridized carbons (Fsp3) is 0.273. The van der Waals surface area contributed by atoms with Crippen LogP contribution in [0.25, 0.3) is 6.08 Å². The van der Waals surface area contributed by atoms with Gasteiger partial charge < -0.3 is 14.2 Å². The van der Waals surface area contributed by atoms with Crippen LogP contribution in [0.15, 0.2) is 47.4 Å². The number of hydrogen-bond donors (Lipinski definition) is 0. The normalized spacial score (nSPS) is 15.1. The van der Waals surface area contributed by atoms with Crippen LogP contribution >= 0.6 is 24.0 Å². The number of carbonyl (C=O) groups is 1. The first-order valence-corrected chi connectivity index (χ1v) is 10.5. The first kappa shape index (κ1) is 21.2. The topological polar surface area (TPSA) is 48.0 Å². The molecule has 0 unspecified atom stereocenters. The van der Waals surface area contributed by atoms with Gasteiger partial charge in [0.15, 0.2) is 11.5 Å². The van der Waals surface area contributed by atoms with Crippen molar-refractivity contribution in [3.8, 4) is 17.2 Å². The summed E-state index contributed by atoms with van der Waals surface area (Å²) in [4.78, 5) is 14.3. The molecule has 7 heteroatoms. The Hall–Kier alpha value is -2.51. The largest absolute Gasteiger partial charge is 0.490 e. The van der Waals surface area contributed by atoms with Crippen molar-refractivity contribution in [2.24, 2.45) is 0 Å². The fourth-order valence-corrected chi connectivity index (χ4v) is 3.89. The molecule has 0 saturated carbocycles. The minimum absolute atomic E-state index is 0.0911. The van der Waals surface area contributed by atoms with E-state index in [2.05, 4.69) is 0 Å². The standard InChI is InChI=1S/C22H23NO4S2/c1-4-25-19-13-16(14-20-21(24)23(3)22(28)29-20)8-9-18(19)27-11-10-26-17-7-5-6-15(2)12-17/h5-9,12-14H,4,10-11H2,1-3H3. The summed E-state index contributed by atoms with van der Waals surface area (Å²) in [7, 11) is 1.68. The monoisotopic (exact) mass is 429 g/mol. The van der Waals surface area contributed by atoms with E-state index < -0.39 is 0 Å². The number of ether oxygens (including phenoxy) is 3. The molecule has 0 N–H and O–H groups in total. The van der Waals surface area contributed by atoms with Crippen LogP contribution in [0.2, 0.25) is 0 Å². The van der Waals surface area contributed by atoms with E-state index in [4.69, 9.17) is 26.4 Å². The Kier molecular flexibility index (Phi) is 7.17. The quantitative estimate of drug-likeness (QED) is 0.345. The molecule has 0 radical (unpaired) electrons. The maximum absolute atomic E-state index is 12.2. The van der Waals surface area contributed by atoms with E-state index >= 15 is 0 Å². The predicted molar refractivity (Wildman–Crippen MR) is 121 cm³/mol.